The molecule has 0 radical (unpaired) electrons. The van der Waals surface area contributed by atoms with Crippen molar-refractivity contribution in [2.45, 2.75) is 44.8 Å². The predicted octanol–water partition coefficient (Wildman–Crippen LogP) is 5.42. The van der Waals surface area contributed by atoms with E-state index in [0.717, 1.165) is 68.0 Å². The van der Waals surface area contributed by atoms with Gasteiger partial charge < -0.3 is 5.32 Å². The second kappa shape index (κ2) is 10.00. The van der Waals surface area contributed by atoms with E-state index in [1.807, 2.05) is 0 Å². The van der Waals surface area contributed by atoms with Crippen molar-refractivity contribution in [3.05, 3.63) is 33.8 Å². The predicted molar refractivity (Wildman–Crippen MR) is 97.7 cm³/mol. The van der Waals surface area contributed by atoms with Gasteiger partial charge in [0, 0.05) is 36.7 Å². The third kappa shape index (κ3) is 5.90. The maximum absolute atomic E-state index is 13.1. The zero-order chi connectivity index (χ0) is 16.9. The third-order valence-electron chi connectivity index (χ3n) is 4.36. The Kier molecular flexibility index (Phi) is 9.06. The van der Waals surface area contributed by atoms with Crippen LogP contribution in [0.4, 0.5) is 13.2 Å². The SMILES string of the molecule is CCCCC[C@H](c1cc(C(F)(F)F)ccc1Br)N1CCNCC1.Cl. The summed E-state index contributed by atoms with van der Waals surface area (Å²) in [7, 11) is 0. The van der Waals surface area contributed by atoms with Crippen LogP contribution in [0.15, 0.2) is 22.7 Å². The van der Waals surface area contributed by atoms with E-state index >= 15 is 0 Å². The number of rotatable bonds is 6. The van der Waals surface area contributed by atoms with Gasteiger partial charge in [0.25, 0.3) is 0 Å². The molecular weight excluding hydrogens is 405 g/mol. The average molecular weight is 430 g/mol. The van der Waals surface area contributed by atoms with Crippen molar-refractivity contribution in [1.29, 1.82) is 0 Å². The molecule has 0 spiro atoms. The molecule has 24 heavy (non-hydrogen) atoms. The molecule has 1 fully saturated rings. The molecule has 0 aliphatic carbocycles. The van der Waals surface area contributed by atoms with Crippen molar-refractivity contribution >= 4 is 28.3 Å². The molecule has 2 nitrogen and oxygen atoms in total. The summed E-state index contributed by atoms with van der Waals surface area (Å²) in [5.74, 6) is 0. The molecule has 0 saturated carbocycles. The van der Waals surface area contributed by atoms with E-state index in [2.05, 4.69) is 33.1 Å². The summed E-state index contributed by atoms with van der Waals surface area (Å²) in [6.45, 7) is 5.67. The highest BCUT2D eigenvalue weighted by molar-refractivity contribution is 9.10. The fourth-order valence-electron chi connectivity index (χ4n) is 3.09. The fraction of sp³-hybridized carbons (Fsp3) is 0.647. The Labute approximate surface area is 156 Å². The van der Waals surface area contributed by atoms with Gasteiger partial charge in [0.15, 0.2) is 0 Å². The summed E-state index contributed by atoms with van der Waals surface area (Å²) in [4.78, 5) is 2.31. The first-order valence-electron chi connectivity index (χ1n) is 8.25. The van der Waals surface area contributed by atoms with Gasteiger partial charge in [-0.3, -0.25) is 4.90 Å². The van der Waals surface area contributed by atoms with Gasteiger partial charge in [-0.05, 0) is 30.2 Å². The van der Waals surface area contributed by atoms with Gasteiger partial charge in [-0.25, -0.2) is 0 Å². The fourth-order valence-corrected chi connectivity index (χ4v) is 3.60. The minimum Gasteiger partial charge on any atom is -0.314 e. The van der Waals surface area contributed by atoms with E-state index in [1.165, 1.54) is 12.1 Å². The molecule has 1 aromatic rings. The van der Waals surface area contributed by atoms with Crippen molar-refractivity contribution in [3.8, 4) is 0 Å². The number of piperazine rings is 1. The number of hydrogen-bond donors (Lipinski definition) is 1. The lowest BCUT2D eigenvalue weighted by Gasteiger charge is -2.36. The Hall–Kier alpha value is -0.300. The zero-order valence-electron chi connectivity index (χ0n) is 13.8. The van der Waals surface area contributed by atoms with Crippen LogP contribution in [-0.4, -0.2) is 31.1 Å². The maximum atomic E-state index is 13.1. The van der Waals surface area contributed by atoms with Gasteiger partial charge in [0.05, 0.1) is 5.56 Å². The van der Waals surface area contributed by atoms with Crippen molar-refractivity contribution in [2.75, 3.05) is 26.2 Å². The summed E-state index contributed by atoms with van der Waals surface area (Å²) in [6.07, 6.45) is -0.147. The number of halogens is 5. The number of alkyl halides is 3. The number of nitrogens with one attached hydrogen (secondary N) is 1. The number of unbranched alkanes of at least 4 members (excludes halogenated alkanes) is 2. The molecule has 1 aliphatic heterocycles. The smallest absolute Gasteiger partial charge is 0.314 e. The van der Waals surface area contributed by atoms with E-state index in [4.69, 9.17) is 0 Å². The summed E-state index contributed by atoms with van der Waals surface area (Å²) >= 11 is 3.46. The van der Waals surface area contributed by atoms with Crippen molar-refractivity contribution in [1.82, 2.24) is 10.2 Å². The van der Waals surface area contributed by atoms with Crippen LogP contribution >= 0.6 is 28.3 Å². The molecule has 2 rings (SSSR count). The van der Waals surface area contributed by atoms with E-state index in [0.29, 0.717) is 0 Å². The Morgan fingerprint density at radius 2 is 1.88 bits per heavy atom. The van der Waals surface area contributed by atoms with Crippen molar-refractivity contribution < 1.29 is 13.2 Å². The van der Waals surface area contributed by atoms with E-state index in [-0.39, 0.29) is 18.4 Å². The summed E-state index contributed by atoms with van der Waals surface area (Å²) in [5.41, 5.74) is 0.198. The Balaban J connectivity index is 0.00000288. The van der Waals surface area contributed by atoms with E-state index < -0.39 is 11.7 Å². The van der Waals surface area contributed by atoms with Crippen LogP contribution in [0, 0.1) is 0 Å². The number of hydrogen-bond acceptors (Lipinski definition) is 2. The second-order valence-corrected chi connectivity index (χ2v) is 6.89. The standard InChI is InChI=1S/C17H24BrF3N2.ClH/c1-2-3-4-5-16(23-10-8-22-9-11-23)14-12-13(17(19,20)21)6-7-15(14)18;/h6-7,12,16,22H,2-5,8-11H2,1H3;1H/t16-;/m1./s1. The normalized spacial score (nSPS) is 17.4. The van der Waals surface area contributed by atoms with Gasteiger partial charge in [0.2, 0.25) is 0 Å². The van der Waals surface area contributed by atoms with Gasteiger partial charge in [-0.1, -0.05) is 42.1 Å². The third-order valence-corrected chi connectivity index (χ3v) is 5.08. The lowest BCUT2D eigenvalue weighted by atomic mass is 9.96. The Morgan fingerprint density at radius 1 is 1.21 bits per heavy atom. The summed E-state index contributed by atoms with van der Waals surface area (Å²) in [5, 5.41) is 3.31. The molecule has 1 saturated heterocycles. The molecule has 0 aromatic heterocycles. The van der Waals surface area contributed by atoms with Gasteiger partial charge >= 0.3 is 6.18 Å². The minimum atomic E-state index is -4.30. The minimum absolute atomic E-state index is 0. The maximum Gasteiger partial charge on any atom is 0.416 e. The largest absolute Gasteiger partial charge is 0.416 e. The first kappa shape index (κ1) is 21.7. The Bertz CT molecular complexity index is 505. The van der Waals surface area contributed by atoms with E-state index in [9.17, 15) is 13.2 Å². The average Bonchev–Trinajstić information content (AvgIpc) is 2.52. The van der Waals surface area contributed by atoms with Crippen LogP contribution in [-0.2, 0) is 6.18 Å². The Morgan fingerprint density at radius 3 is 2.46 bits per heavy atom. The first-order chi connectivity index (χ1) is 10.9. The van der Waals surface area contributed by atoms with Crippen LogP contribution in [0.5, 0.6) is 0 Å². The monoisotopic (exact) mass is 428 g/mol. The molecule has 0 bridgehead atoms. The molecule has 1 atom stereocenters. The van der Waals surface area contributed by atoms with Gasteiger partial charge in [-0.2, -0.15) is 13.2 Å². The van der Waals surface area contributed by atoms with Crippen LogP contribution in [0.3, 0.4) is 0 Å². The first-order valence-corrected chi connectivity index (χ1v) is 9.04. The molecule has 138 valence electrons. The molecular formula is C17H25BrClF3N2. The zero-order valence-corrected chi connectivity index (χ0v) is 16.2. The number of nitrogens with zero attached hydrogens (tertiary/aromatic N) is 1. The van der Waals surface area contributed by atoms with Crippen LogP contribution in [0.25, 0.3) is 0 Å². The van der Waals surface area contributed by atoms with Crippen LogP contribution in [0.1, 0.15) is 49.8 Å². The lowest BCUT2D eigenvalue weighted by Crippen LogP contribution is -2.45. The molecule has 0 amide bonds. The molecule has 1 N–H and O–H groups in total. The van der Waals surface area contributed by atoms with E-state index in [1.54, 1.807) is 0 Å². The topological polar surface area (TPSA) is 15.3 Å². The molecule has 1 aromatic carbocycles. The number of benzene rings is 1. The van der Waals surface area contributed by atoms with Crippen molar-refractivity contribution in [2.24, 2.45) is 0 Å². The van der Waals surface area contributed by atoms with Crippen molar-refractivity contribution in [3.63, 3.8) is 0 Å². The highest BCUT2D eigenvalue weighted by Crippen LogP contribution is 2.37. The second-order valence-electron chi connectivity index (χ2n) is 6.03. The van der Waals surface area contributed by atoms with Gasteiger partial charge in [-0.15, -0.1) is 12.4 Å². The molecule has 1 heterocycles. The van der Waals surface area contributed by atoms with Gasteiger partial charge in [0.1, 0.15) is 0 Å². The van der Waals surface area contributed by atoms with Crippen LogP contribution < -0.4 is 5.32 Å². The highest BCUT2D eigenvalue weighted by Gasteiger charge is 2.32. The van der Waals surface area contributed by atoms with Crippen LogP contribution in [0.2, 0.25) is 0 Å². The molecule has 1 aliphatic rings. The summed E-state index contributed by atoms with van der Waals surface area (Å²) < 4.78 is 40.0. The molecule has 7 heteroatoms. The summed E-state index contributed by atoms with van der Waals surface area (Å²) in [6, 6.07) is 4.05. The lowest BCUT2D eigenvalue weighted by molar-refractivity contribution is -0.137. The molecule has 0 unspecified atom stereocenters. The quantitative estimate of drug-likeness (QED) is 0.608. The highest BCUT2D eigenvalue weighted by atomic mass is 79.9.